The lowest BCUT2D eigenvalue weighted by Gasteiger charge is -2.17. The highest BCUT2D eigenvalue weighted by Gasteiger charge is 2.39. The second kappa shape index (κ2) is 10.8. The van der Waals surface area contributed by atoms with Crippen LogP contribution in [0, 0.1) is 11.8 Å². The lowest BCUT2D eigenvalue weighted by atomic mass is 9.88. The predicted octanol–water partition coefficient (Wildman–Crippen LogP) is 1.30. The van der Waals surface area contributed by atoms with Gasteiger partial charge in [0, 0.05) is 24.7 Å². The molecule has 3 N–H and O–H groups in total. The fraction of sp³-hybridized carbons (Fsp3) is 0.778. The monoisotopic (exact) mass is 389 g/mol. The Balaban J connectivity index is 2.33. The van der Waals surface area contributed by atoms with E-state index in [0.717, 1.165) is 25.5 Å². The van der Waals surface area contributed by atoms with E-state index in [-0.39, 0.29) is 30.5 Å². The third-order valence-electron chi connectivity index (χ3n) is 4.67. The third kappa shape index (κ3) is 8.42. The summed E-state index contributed by atoms with van der Waals surface area (Å²) in [6, 6.07) is 0. The molecule has 150 valence electrons. The number of aliphatic hydroxyl groups is 2. The zero-order chi connectivity index (χ0) is 19.7. The second-order valence-electron chi connectivity index (χ2n) is 7.03. The lowest BCUT2D eigenvalue weighted by Crippen LogP contribution is -2.28. The fourth-order valence-electron chi connectivity index (χ4n) is 3.25. The van der Waals surface area contributed by atoms with Gasteiger partial charge >= 0.3 is 0 Å². The maximum absolute atomic E-state index is 12.1. The Morgan fingerprint density at radius 2 is 1.96 bits per heavy atom. The maximum atomic E-state index is 12.1. The number of carbonyl (C=O) groups excluding carboxylic acids is 2. The molecule has 0 radical (unpaired) electrons. The first-order valence-electron chi connectivity index (χ1n) is 9.21. The summed E-state index contributed by atoms with van der Waals surface area (Å²) in [5.74, 6) is -0.907. The largest absolute Gasteiger partial charge is 0.392 e. The molecular formula is C18H31NO6S. The first kappa shape index (κ1) is 22.8. The number of hydrogen-bond acceptors (Lipinski definition) is 6. The second-order valence-corrected chi connectivity index (χ2v) is 8.78. The molecule has 1 aliphatic rings. The molecule has 0 heterocycles. The van der Waals surface area contributed by atoms with Crippen LogP contribution in [0.5, 0.6) is 0 Å². The molecule has 8 heteroatoms. The molecule has 1 amide bonds. The standard InChI is InChI=1S/C18H31NO6S/c1-3-13(20)10-11-15-14(16(21)12-17(15)22)8-6-4-5-7-9-18(23)19-26(2,24)25/h10-11,13-15,17,20,22H,3-9,12H2,1-2H3,(H,19,23)/b11-10+/t13-,14+,15+,17+/m0/s1. The molecular weight excluding hydrogens is 358 g/mol. The summed E-state index contributed by atoms with van der Waals surface area (Å²) in [6.07, 6.45) is 7.70. The predicted molar refractivity (Wildman–Crippen MR) is 98.7 cm³/mol. The van der Waals surface area contributed by atoms with Crippen molar-refractivity contribution in [2.75, 3.05) is 6.26 Å². The van der Waals surface area contributed by atoms with E-state index in [1.165, 1.54) is 0 Å². The van der Waals surface area contributed by atoms with E-state index in [0.29, 0.717) is 19.3 Å². The van der Waals surface area contributed by atoms with Crippen LogP contribution in [-0.2, 0) is 19.6 Å². The topological polar surface area (TPSA) is 121 Å². The van der Waals surface area contributed by atoms with Crippen molar-refractivity contribution in [1.29, 1.82) is 0 Å². The first-order valence-corrected chi connectivity index (χ1v) is 11.1. The van der Waals surface area contributed by atoms with E-state index in [9.17, 15) is 28.2 Å². The van der Waals surface area contributed by atoms with Crippen molar-refractivity contribution in [3.8, 4) is 0 Å². The van der Waals surface area contributed by atoms with Crippen molar-refractivity contribution in [2.24, 2.45) is 11.8 Å². The molecule has 0 aromatic carbocycles. The van der Waals surface area contributed by atoms with Crippen molar-refractivity contribution < 1.29 is 28.2 Å². The number of nitrogens with one attached hydrogen (secondary N) is 1. The fourth-order valence-corrected chi connectivity index (χ4v) is 3.76. The van der Waals surface area contributed by atoms with E-state index in [1.54, 1.807) is 12.2 Å². The van der Waals surface area contributed by atoms with E-state index < -0.39 is 28.1 Å². The molecule has 7 nitrogen and oxygen atoms in total. The van der Waals surface area contributed by atoms with Crippen LogP contribution in [0.1, 0.15) is 58.3 Å². The summed E-state index contributed by atoms with van der Waals surface area (Å²) in [6.45, 7) is 1.86. The van der Waals surface area contributed by atoms with Gasteiger partial charge in [0.05, 0.1) is 18.5 Å². The lowest BCUT2D eigenvalue weighted by molar-refractivity contribution is -0.121. The van der Waals surface area contributed by atoms with Crippen molar-refractivity contribution in [3.63, 3.8) is 0 Å². The van der Waals surface area contributed by atoms with Crippen LogP contribution in [0.2, 0.25) is 0 Å². The molecule has 0 aromatic rings. The smallest absolute Gasteiger partial charge is 0.233 e. The Kier molecular flexibility index (Phi) is 9.46. The molecule has 1 fully saturated rings. The SMILES string of the molecule is CC[C@H](O)/C=C/[C@H]1[C@H](O)CC(=O)[C@@H]1CCCCCCC(=O)NS(C)(=O)=O. The Labute approximate surface area is 155 Å². The van der Waals surface area contributed by atoms with Crippen LogP contribution in [0.4, 0.5) is 0 Å². The molecule has 0 aliphatic heterocycles. The number of ketones is 1. The van der Waals surface area contributed by atoms with Crippen LogP contribution in [0.25, 0.3) is 0 Å². The average molecular weight is 390 g/mol. The Morgan fingerprint density at radius 3 is 2.58 bits per heavy atom. The van der Waals surface area contributed by atoms with Gasteiger partial charge in [-0.05, 0) is 19.3 Å². The summed E-state index contributed by atoms with van der Waals surface area (Å²) in [4.78, 5) is 23.5. The normalized spacial score (nSPS) is 24.9. The minimum atomic E-state index is -3.50. The van der Waals surface area contributed by atoms with Crippen molar-refractivity contribution >= 4 is 21.7 Å². The van der Waals surface area contributed by atoms with E-state index >= 15 is 0 Å². The van der Waals surface area contributed by atoms with Crippen LogP contribution in [0.15, 0.2) is 12.2 Å². The van der Waals surface area contributed by atoms with Gasteiger partial charge in [0.25, 0.3) is 0 Å². The Hall–Kier alpha value is -1.25. The molecule has 26 heavy (non-hydrogen) atoms. The summed E-state index contributed by atoms with van der Waals surface area (Å²) >= 11 is 0. The molecule has 0 unspecified atom stereocenters. The van der Waals surface area contributed by atoms with Crippen LogP contribution in [0.3, 0.4) is 0 Å². The molecule has 1 saturated carbocycles. The van der Waals surface area contributed by atoms with Crippen molar-refractivity contribution in [3.05, 3.63) is 12.2 Å². The highest BCUT2D eigenvalue weighted by molar-refractivity contribution is 7.89. The number of unbranched alkanes of at least 4 members (excludes halogenated alkanes) is 3. The zero-order valence-corrected chi connectivity index (χ0v) is 16.4. The van der Waals surface area contributed by atoms with Crippen molar-refractivity contribution in [1.82, 2.24) is 4.72 Å². The number of amides is 1. The number of rotatable bonds is 11. The van der Waals surface area contributed by atoms with Gasteiger partial charge in [0.1, 0.15) is 5.78 Å². The molecule has 0 saturated heterocycles. The van der Waals surface area contributed by atoms with E-state index in [2.05, 4.69) is 0 Å². The number of Topliss-reactive ketones (excluding diaryl/α,β-unsaturated/α-hetero) is 1. The molecule has 1 aliphatic carbocycles. The van der Waals surface area contributed by atoms with E-state index in [4.69, 9.17) is 0 Å². The molecule has 1 rings (SSSR count). The van der Waals surface area contributed by atoms with Gasteiger partial charge in [-0.15, -0.1) is 0 Å². The van der Waals surface area contributed by atoms with Gasteiger partial charge in [-0.2, -0.15) is 0 Å². The molecule has 0 spiro atoms. The number of aliphatic hydroxyl groups excluding tert-OH is 2. The summed E-state index contributed by atoms with van der Waals surface area (Å²) in [7, 11) is -3.50. The van der Waals surface area contributed by atoms with Gasteiger partial charge in [-0.3, -0.25) is 14.3 Å². The Morgan fingerprint density at radius 1 is 1.31 bits per heavy atom. The summed E-state index contributed by atoms with van der Waals surface area (Å²) < 4.78 is 23.8. The third-order valence-corrected chi connectivity index (χ3v) is 5.27. The van der Waals surface area contributed by atoms with Gasteiger partial charge < -0.3 is 10.2 Å². The first-order chi connectivity index (χ1) is 12.1. The van der Waals surface area contributed by atoms with Crippen LogP contribution >= 0.6 is 0 Å². The minimum absolute atomic E-state index is 0.0608. The van der Waals surface area contributed by atoms with Crippen LogP contribution in [-0.4, -0.2) is 48.8 Å². The highest BCUT2D eigenvalue weighted by Crippen LogP contribution is 2.34. The van der Waals surface area contributed by atoms with Gasteiger partial charge in [-0.25, -0.2) is 8.42 Å². The summed E-state index contributed by atoms with van der Waals surface area (Å²) in [5, 5.41) is 19.7. The molecule has 4 atom stereocenters. The Bertz CT molecular complexity index is 601. The molecule has 0 bridgehead atoms. The number of carbonyl (C=O) groups is 2. The average Bonchev–Trinajstić information content (AvgIpc) is 2.80. The van der Waals surface area contributed by atoms with Gasteiger partial charge in [-0.1, -0.05) is 38.3 Å². The zero-order valence-electron chi connectivity index (χ0n) is 15.6. The highest BCUT2D eigenvalue weighted by atomic mass is 32.2. The number of sulfonamides is 1. The van der Waals surface area contributed by atoms with Gasteiger partial charge in [0.15, 0.2) is 0 Å². The minimum Gasteiger partial charge on any atom is -0.392 e. The summed E-state index contributed by atoms with van der Waals surface area (Å²) in [5.41, 5.74) is 0. The van der Waals surface area contributed by atoms with Crippen LogP contribution < -0.4 is 4.72 Å². The number of hydrogen-bond donors (Lipinski definition) is 3. The maximum Gasteiger partial charge on any atom is 0.233 e. The quantitative estimate of drug-likeness (QED) is 0.362. The molecule has 0 aromatic heterocycles. The van der Waals surface area contributed by atoms with E-state index in [1.807, 2.05) is 11.6 Å². The van der Waals surface area contributed by atoms with Gasteiger partial charge in [0.2, 0.25) is 15.9 Å². The van der Waals surface area contributed by atoms with Crippen molar-refractivity contribution in [2.45, 2.75) is 70.5 Å².